The Morgan fingerprint density at radius 2 is 1.75 bits per heavy atom. The molecule has 5 nitrogen and oxygen atoms in total. The number of amides is 1. The SMILES string of the molecule is COc1ccc(-c2ccc([C@H]3[C@@H](C#N)N(C(=O)C4CCC4)[C@H]3CO)cc2)cc1. The molecular formula is C23H24N2O3. The van der Waals surface area contributed by atoms with E-state index in [1.165, 1.54) is 0 Å². The van der Waals surface area contributed by atoms with Crippen molar-refractivity contribution in [2.24, 2.45) is 5.92 Å². The van der Waals surface area contributed by atoms with Gasteiger partial charge in [-0.15, -0.1) is 0 Å². The highest BCUT2D eigenvalue weighted by Gasteiger charge is 2.53. The first-order chi connectivity index (χ1) is 13.7. The lowest BCUT2D eigenvalue weighted by Gasteiger charge is -2.53. The number of hydrogen-bond donors (Lipinski definition) is 1. The molecule has 0 aromatic heterocycles. The summed E-state index contributed by atoms with van der Waals surface area (Å²) >= 11 is 0. The second-order valence-electron chi connectivity index (χ2n) is 7.57. The lowest BCUT2D eigenvalue weighted by Crippen LogP contribution is -2.66. The van der Waals surface area contributed by atoms with Gasteiger partial charge in [-0.05, 0) is 41.7 Å². The van der Waals surface area contributed by atoms with E-state index in [0.717, 1.165) is 41.7 Å². The van der Waals surface area contributed by atoms with Crippen LogP contribution in [0.2, 0.25) is 0 Å². The second kappa shape index (κ2) is 7.65. The van der Waals surface area contributed by atoms with E-state index < -0.39 is 6.04 Å². The number of carbonyl (C=O) groups excluding carboxylic acids is 1. The van der Waals surface area contributed by atoms with Gasteiger partial charge in [-0.3, -0.25) is 4.79 Å². The molecule has 0 unspecified atom stereocenters. The van der Waals surface area contributed by atoms with Gasteiger partial charge < -0.3 is 14.7 Å². The van der Waals surface area contributed by atoms with Gasteiger partial charge >= 0.3 is 0 Å². The molecule has 0 spiro atoms. The maximum Gasteiger partial charge on any atom is 0.227 e. The van der Waals surface area contributed by atoms with E-state index in [1.54, 1.807) is 12.0 Å². The van der Waals surface area contributed by atoms with Gasteiger partial charge in [0.15, 0.2) is 0 Å². The maximum atomic E-state index is 12.7. The molecule has 28 heavy (non-hydrogen) atoms. The zero-order valence-corrected chi connectivity index (χ0v) is 15.9. The standard InChI is InChI=1S/C23H24N2O3/c1-28-19-11-9-16(10-12-19)15-5-7-17(8-6-15)22-20(13-24)25(21(22)14-26)23(27)18-3-2-4-18/h5-12,18,20-22,26H,2-4,14H2,1H3/t20-,21+,22+/m1/s1. The molecule has 2 aromatic rings. The number of nitriles is 1. The lowest BCUT2D eigenvalue weighted by atomic mass is 9.73. The highest BCUT2D eigenvalue weighted by Crippen LogP contribution is 2.43. The van der Waals surface area contributed by atoms with Crippen LogP contribution in [0.25, 0.3) is 11.1 Å². The molecule has 2 fully saturated rings. The predicted molar refractivity (Wildman–Crippen MR) is 106 cm³/mol. The molecule has 1 saturated carbocycles. The molecule has 5 heteroatoms. The van der Waals surface area contributed by atoms with Crippen molar-refractivity contribution in [2.45, 2.75) is 37.3 Å². The molecule has 0 bridgehead atoms. The normalized spacial score (nSPS) is 24.0. The Hall–Kier alpha value is -2.84. The average molecular weight is 376 g/mol. The van der Waals surface area contributed by atoms with Gasteiger partial charge in [-0.25, -0.2) is 0 Å². The number of aliphatic hydroxyl groups excluding tert-OH is 1. The van der Waals surface area contributed by atoms with Crippen LogP contribution in [0.15, 0.2) is 48.5 Å². The fourth-order valence-electron chi connectivity index (χ4n) is 4.26. The summed E-state index contributed by atoms with van der Waals surface area (Å²) in [5, 5.41) is 19.6. The first-order valence-electron chi connectivity index (χ1n) is 9.75. The van der Waals surface area contributed by atoms with E-state index in [2.05, 4.69) is 6.07 Å². The molecule has 2 aromatic carbocycles. The van der Waals surface area contributed by atoms with Gasteiger partial charge in [-0.1, -0.05) is 42.8 Å². The summed E-state index contributed by atoms with van der Waals surface area (Å²) in [5.74, 6) is 0.726. The van der Waals surface area contributed by atoms with Crippen LogP contribution >= 0.6 is 0 Å². The number of benzene rings is 2. The van der Waals surface area contributed by atoms with Crippen molar-refractivity contribution >= 4 is 5.91 Å². The van der Waals surface area contributed by atoms with E-state index >= 15 is 0 Å². The third-order valence-electron chi connectivity index (χ3n) is 6.16. The van der Waals surface area contributed by atoms with E-state index in [9.17, 15) is 15.2 Å². The fourth-order valence-corrected chi connectivity index (χ4v) is 4.26. The largest absolute Gasteiger partial charge is 0.497 e. The van der Waals surface area contributed by atoms with E-state index in [-0.39, 0.29) is 30.4 Å². The number of methoxy groups -OCH3 is 1. The molecule has 144 valence electrons. The monoisotopic (exact) mass is 376 g/mol. The first-order valence-corrected chi connectivity index (χ1v) is 9.75. The van der Waals surface area contributed by atoms with Gasteiger partial charge in [0.25, 0.3) is 0 Å². The Kier molecular flexibility index (Phi) is 5.06. The number of rotatable bonds is 5. The van der Waals surface area contributed by atoms with Crippen molar-refractivity contribution in [3.8, 4) is 22.9 Å². The number of ether oxygens (including phenoxy) is 1. The predicted octanol–water partition coefficient (Wildman–Crippen LogP) is 3.34. The average Bonchev–Trinajstić information content (AvgIpc) is 2.67. The number of likely N-dealkylation sites (tertiary alicyclic amines) is 1. The van der Waals surface area contributed by atoms with Crippen molar-refractivity contribution in [1.29, 1.82) is 5.26 Å². The van der Waals surface area contributed by atoms with Crippen LogP contribution in [0.3, 0.4) is 0 Å². The molecule has 0 radical (unpaired) electrons. The molecule has 1 amide bonds. The molecule has 1 saturated heterocycles. The quantitative estimate of drug-likeness (QED) is 0.869. The van der Waals surface area contributed by atoms with Crippen molar-refractivity contribution in [2.75, 3.05) is 13.7 Å². The molecule has 4 rings (SSSR count). The molecule has 1 aliphatic carbocycles. The number of carbonyl (C=O) groups is 1. The Bertz CT molecular complexity index is 882. The summed E-state index contributed by atoms with van der Waals surface area (Å²) in [6.07, 6.45) is 2.86. The van der Waals surface area contributed by atoms with Crippen molar-refractivity contribution in [3.63, 3.8) is 0 Å². The van der Waals surface area contributed by atoms with Crippen LogP contribution in [0.1, 0.15) is 30.7 Å². The highest BCUT2D eigenvalue weighted by atomic mass is 16.5. The summed E-state index contributed by atoms with van der Waals surface area (Å²) in [6.45, 7) is -0.123. The van der Waals surface area contributed by atoms with Crippen LogP contribution in [0, 0.1) is 17.2 Å². The third-order valence-corrected chi connectivity index (χ3v) is 6.16. The van der Waals surface area contributed by atoms with Crippen LogP contribution in [-0.2, 0) is 4.79 Å². The van der Waals surface area contributed by atoms with Crippen LogP contribution in [0.5, 0.6) is 5.75 Å². The van der Waals surface area contributed by atoms with Crippen molar-refractivity contribution in [3.05, 3.63) is 54.1 Å². The Balaban J connectivity index is 1.54. The van der Waals surface area contributed by atoms with Gasteiger partial charge in [0, 0.05) is 11.8 Å². The van der Waals surface area contributed by atoms with E-state index in [0.29, 0.717) is 0 Å². The Labute approximate surface area is 165 Å². The van der Waals surface area contributed by atoms with Crippen molar-refractivity contribution < 1.29 is 14.6 Å². The first kappa shape index (κ1) is 18.5. The topological polar surface area (TPSA) is 73.6 Å². The van der Waals surface area contributed by atoms with E-state index in [1.807, 2.05) is 48.5 Å². The molecular weight excluding hydrogens is 352 g/mol. The minimum Gasteiger partial charge on any atom is -0.497 e. The van der Waals surface area contributed by atoms with Crippen LogP contribution in [-0.4, -0.2) is 41.7 Å². The summed E-state index contributed by atoms with van der Waals surface area (Å²) in [6, 6.07) is 17.4. The smallest absolute Gasteiger partial charge is 0.227 e. The Morgan fingerprint density at radius 3 is 2.21 bits per heavy atom. The summed E-state index contributed by atoms with van der Waals surface area (Å²) in [4.78, 5) is 14.3. The fraction of sp³-hybridized carbons (Fsp3) is 0.391. The van der Waals surface area contributed by atoms with Gasteiger partial charge in [-0.2, -0.15) is 5.26 Å². The minimum absolute atomic E-state index is 0.0305. The lowest BCUT2D eigenvalue weighted by molar-refractivity contribution is -0.154. The van der Waals surface area contributed by atoms with Crippen molar-refractivity contribution in [1.82, 2.24) is 4.90 Å². The van der Waals surface area contributed by atoms with E-state index in [4.69, 9.17) is 4.74 Å². The maximum absolute atomic E-state index is 12.7. The zero-order chi connectivity index (χ0) is 19.7. The summed E-state index contributed by atoms with van der Waals surface area (Å²) in [7, 11) is 1.64. The highest BCUT2D eigenvalue weighted by molar-refractivity contribution is 5.82. The molecule has 1 heterocycles. The minimum atomic E-state index is -0.503. The summed E-state index contributed by atoms with van der Waals surface area (Å²) in [5.41, 5.74) is 3.14. The molecule has 1 N–H and O–H groups in total. The Morgan fingerprint density at radius 1 is 1.14 bits per heavy atom. The van der Waals surface area contributed by atoms with Gasteiger partial charge in [0.2, 0.25) is 5.91 Å². The second-order valence-corrected chi connectivity index (χ2v) is 7.57. The molecule has 1 aliphatic heterocycles. The molecule has 3 atom stereocenters. The zero-order valence-electron chi connectivity index (χ0n) is 15.9. The van der Waals surface area contributed by atoms with Gasteiger partial charge in [0.1, 0.15) is 11.8 Å². The van der Waals surface area contributed by atoms with Crippen LogP contribution < -0.4 is 4.74 Å². The number of aliphatic hydroxyl groups is 1. The number of hydrogen-bond acceptors (Lipinski definition) is 4. The molecule has 2 aliphatic rings. The third kappa shape index (κ3) is 3.04. The summed E-state index contributed by atoms with van der Waals surface area (Å²) < 4.78 is 5.20. The van der Waals surface area contributed by atoms with Crippen LogP contribution in [0.4, 0.5) is 0 Å². The van der Waals surface area contributed by atoms with Gasteiger partial charge in [0.05, 0.1) is 25.8 Å². The number of nitrogens with zero attached hydrogens (tertiary/aromatic N) is 2.